The van der Waals surface area contributed by atoms with Gasteiger partial charge in [0, 0.05) is 17.9 Å². The van der Waals surface area contributed by atoms with Crippen LogP contribution in [0.4, 0.5) is 4.79 Å². The van der Waals surface area contributed by atoms with Crippen LogP contribution in [-0.4, -0.2) is 26.7 Å². The third-order valence-electron chi connectivity index (χ3n) is 1.93. The molecule has 0 saturated heterocycles. The zero-order chi connectivity index (χ0) is 12.9. The van der Waals surface area contributed by atoms with Gasteiger partial charge in [0.2, 0.25) is 0 Å². The van der Waals surface area contributed by atoms with Crippen LogP contribution in [0, 0.1) is 0 Å². The van der Waals surface area contributed by atoms with Gasteiger partial charge in [0.1, 0.15) is 6.61 Å². The Morgan fingerprint density at radius 1 is 1.35 bits per heavy atom. The number of carbonyl (C=O) groups excluding carboxylic acids is 1. The first-order valence-corrected chi connectivity index (χ1v) is 6.94. The summed E-state index contributed by atoms with van der Waals surface area (Å²) in [5.41, 5.74) is -0.328. The van der Waals surface area contributed by atoms with E-state index in [-0.39, 0.29) is 11.5 Å². The van der Waals surface area contributed by atoms with E-state index in [0.717, 1.165) is 6.26 Å². The van der Waals surface area contributed by atoms with E-state index in [4.69, 9.17) is 11.6 Å². The zero-order valence-corrected chi connectivity index (χ0v) is 10.7. The molecule has 0 fully saturated rings. The summed E-state index contributed by atoms with van der Waals surface area (Å²) in [6.07, 6.45) is 2.49. The van der Waals surface area contributed by atoms with Crippen molar-refractivity contribution >= 4 is 32.9 Å². The second-order valence-electron chi connectivity index (χ2n) is 3.32. The highest BCUT2D eigenvalue weighted by atomic mass is 35.5. The van der Waals surface area contributed by atoms with Gasteiger partial charge in [-0.05, 0) is 11.6 Å². The molecule has 0 aromatic heterocycles. The summed E-state index contributed by atoms with van der Waals surface area (Å²) in [4.78, 5) is 10.4. The summed E-state index contributed by atoms with van der Waals surface area (Å²) in [6.45, 7) is -0.365. The van der Waals surface area contributed by atoms with Crippen LogP contribution in [0.1, 0.15) is 5.56 Å². The largest absolute Gasteiger partial charge is 0.448 e. The predicted molar refractivity (Wildman–Crippen MR) is 66.5 cm³/mol. The molecule has 6 heteroatoms. The number of hydrogen-bond acceptors (Lipinski definition) is 4. The molecule has 0 aliphatic carbocycles. The molecule has 4 nitrogen and oxygen atoms in total. The smallest absolute Gasteiger partial charge is 0.404 e. The highest BCUT2D eigenvalue weighted by Crippen LogP contribution is 2.12. The molecule has 1 aromatic carbocycles. The molecular formula is C11H11ClO4S. The zero-order valence-electron chi connectivity index (χ0n) is 9.09. The van der Waals surface area contributed by atoms with Gasteiger partial charge < -0.3 is 4.74 Å². The van der Waals surface area contributed by atoms with E-state index in [1.807, 2.05) is 6.07 Å². The quantitative estimate of drug-likeness (QED) is 0.791. The molecule has 0 N–H and O–H groups in total. The number of ether oxygens (including phenoxy) is 1. The molecule has 0 heterocycles. The van der Waals surface area contributed by atoms with E-state index in [1.165, 1.54) is 6.08 Å². The predicted octanol–water partition coefficient (Wildman–Crippen LogP) is 2.45. The standard InChI is InChI=1S/C11H11ClO4S/c1-17(14,15)10(8-16-11(12)13)7-9-5-3-2-4-6-9/h2-7H,8H2,1H3. The Morgan fingerprint density at radius 2 is 1.94 bits per heavy atom. The molecule has 0 radical (unpaired) electrons. The number of hydrogen-bond donors (Lipinski definition) is 0. The number of benzene rings is 1. The molecule has 0 saturated carbocycles. The van der Waals surface area contributed by atoms with E-state index < -0.39 is 15.3 Å². The lowest BCUT2D eigenvalue weighted by atomic mass is 10.2. The van der Waals surface area contributed by atoms with E-state index in [9.17, 15) is 13.2 Å². The lowest BCUT2D eigenvalue weighted by Crippen LogP contribution is -2.09. The van der Waals surface area contributed by atoms with E-state index in [2.05, 4.69) is 4.74 Å². The summed E-state index contributed by atoms with van der Waals surface area (Å²) in [5.74, 6) is 0. The molecular weight excluding hydrogens is 264 g/mol. The van der Waals surface area contributed by atoms with Crippen molar-refractivity contribution in [2.45, 2.75) is 0 Å². The van der Waals surface area contributed by atoms with Gasteiger partial charge in [0.05, 0.1) is 4.91 Å². The fourth-order valence-corrected chi connectivity index (χ4v) is 1.80. The maximum absolute atomic E-state index is 11.4. The third kappa shape index (κ3) is 5.01. The first-order chi connectivity index (χ1) is 7.89. The van der Waals surface area contributed by atoms with Crippen LogP contribution in [0.5, 0.6) is 0 Å². The normalized spacial score (nSPS) is 12.2. The van der Waals surface area contributed by atoms with Crippen molar-refractivity contribution in [2.75, 3.05) is 12.9 Å². The number of sulfone groups is 1. The van der Waals surface area contributed by atoms with Gasteiger partial charge in [-0.1, -0.05) is 30.3 Å². The molecule has 0 aliphatic rings. The molecule has 0 atom stereocenters. The number of carbonyl (C=O) groups is 1. The highest BCUT2D eigenvalue weighted by Gasteiger charge is 2.13. The fraction of sp³-hybridized carbons (Fsp3) is 0.182. The van der Waals surface area contributed by atoms with Gasteiger partial charge in [-0.15, -0.1) is 0 Å². The summed E-state index contributed by atoms with van der Waals surface area (Å²) >= 11 is 4.99. The Labute approximate surface area is 105 Å². The minimum atomic E-state index is -3.43. The van der Waals surface area contributed by atoms with Crippen molar-refractivity contribution in [1.29, 1.82) is 0 Å². The van der Waals surface area contributed by atoms with Crippen molar-refractivity contribution < 1.29 is 17.9 Å². The molecule has 0 spiro atoms. The van der Waals surface area contributed by atoms with Crippen LogP contribution in [0.25, 0.3) is 6.08 Å². The molecule has 1 rings (SSSR count). The lowest BCUT2D eigenvalue weighted by molar-refractivity contribution is 0.185. The van der Waals surface area contributed by atoms with Crippen LogP contribution in [0.3, 0.4) is 0 Å². The maximum Gasteiger partial charge on any atom is 0.404 e. The summed E-state index contributed by atoms with van der Waals surface area (Å²) in [7, 11) is -3.43. The minimum Gasteiger partial charge on any atom is -0.448 e. The Hall–Kier alpha value is -1.33. The van der Waals surface area contributed by atoms with E-state index >= 15 is 0 Å². The van der Waals surface area contributed by atoms with Crippen LogP contribution in [-0.2, 0) is 14.6 Å². The fourth-order valence-electron chi connectivity index (χ4n) is 1.12. The third-order valence-corrected chi connectivity index (χ3v) is 3.23. The lowest BCUT2D eigenvalue weighted by Gasteiger charge is -2.05. The molecule has 0 amide bonds. The Bertz CT molecular complexity index is 520. The number of halogens is 1. The van der Waals surface area contributed by atoms with Crippen LogP contribution in [0.15, 0.2) is 35.2 Å². The van der Waals surface area contributed by atoms with Gasteiger partial charge in [0.15, 0.2) is 9.84 Å². The minimum absolute atomic E-state index is 0.00213. The summed E-state index contributed by atoms with van der Waals surface area (Å²) < 4.78 is 27.4. The summed E-state index contributed by atoms with van der Waals surface area (Å²) in [5, 5.41) is 0. The maximum atomic E-state index is 11.4. The second-order valence-corrected chi connectivity index (χ2v) is 5.70. The van der Waals surface area contributed by atoms with E-state index in [0.29, 0.717) is 5.56 Å². The van der Waals surface area contributed by atoms with Gasteiger partial charge in [0.25, 0.3) is 0 Å². The van der Waals surface area contributed by atoms with Crippen molar-refractivity contribution in [3.05, 3.63) is 40.8 Å². The van der Waals surface area contributed by atoms with Crippen molar-refractivity contribution in [3.63, 3.8) is 0 Å². The topological polar surface area (TPSA) is 60.4 Å². The van der Waals surface area contributed by atoms with Crippen LogP contribution in [0.2, 0.25) is 0 Å². The van der Waals surface area contributed by atoms with E-state index in [1.54, 1.807) is 24.3 Å². The molecule has 92 valence electrons. The van der Waals surface area contributed by atoms with Gasteiger partial charge >= 0.3 is 5.43 Å². The van der Waals surface area contributed by atoms with Gasteiger partial charge in [-0.2, -0.15) is 0 Å². The average molecular weight is 275 g/mol. The van der Waals surface area contributed by atoms with Crippen LogP contribution < -0.4 is 0 Å². The first kappa shape index (κ1) is 13.7. The summed E-state index contributed by atoms with van der Waals surface area (Å²) in [6, 6.07) is 8.86. The second kappa shape index (κ2) is 5.84. The van der Waals surface area contributed by atoms with Crippen LogP contribution >= 0.6 is 11.6 Å². The molecule has 0 aliphatic heterocycles. The average Bonchev–Trinajstić information content (AvgIpc) is 2.23. The molecule has 0 unspecified atom stereocenters. The van der Waals surface area contributed by atoms with Gasteiger partial charge in [-0.3, -0.25) is 0 Å². The van der Waals surface area contributed by atoms with Crippen molar-refractivity contribution in [3.8, 4) is 0 Å². The Kier molecular flexibility index (Phi) is 4.72. The monoisotopic (exact) mass is 274 g/mol. The first-order valence-electron chi connectivity index (χ1n) is 4.67. The SMILES string of the molecule is CS(=O)(=O)C(=Cc1ccccc1)COC(=O)Cl. The Morgan fingerprint density at radius 3 is 2.41 bits per heavy atom. The van der Waals surface area contributed by atoms with Crippen molar-refractivity contribution in [2.24, 2.45) is 0 Å². The van der Waals surface area contributed by atoms with Crippen molar-refractivity contribution in [1.82, 2.24) is 0 Å². The molecule has 1 aromatic rings. The Balaban J connectivity index is 2.99. The number of rotatable bonds is 4. The molecule has 17 heavy (non-hydrogen) atoms. The highest BCUT2D eigenvalue weighted by molar-refractivity contribution is 7.94. The van der Waals surface area contributed by atoms with Gasteiger partial charge in [-0.25, -0.2) is 13.2 Å². The molecule has 0 bridgehead atoms.